The number of fused-ring (bicyclic) bond motifs is 3. The molecule has 0 unspecified atom stereocenters. The van der Waals surface area contributed by atoms with E-state index in [2.05, 4.69) is 5.32 Å². The van der Waals surface area contributed by atoms with Gasteiger partial charge in [-0.3, -0.25) is 4.79 Å². The number of para-hydroxylation sites is 1. The van der Waals surface area contributed by atoms with E-state index in [1.54, 1.807) is 26.0 Å². The molecule has 1 N–H and O–H groups in total. The van der Waals surface area contributed by atoms with Crippen molar-refractivity contribution in [3.05, 3.63) is 65.2 Å². The molecule has 3 aromatic carbocycles. The Morgan fingerprint density at radius 2 is 1.76 bits per heavy atom. The van der Waals surface area contributed by atoms with Crippen molar-refractivity contribution in [3.63, 3.8) is 0 Å². The van der Waals surface area contributed by atoms with Crippen LogP contribution in [0, 0.1) is 0 Å². The van der Waals surface area contributed by atoms with Crippen molar-refractivity contribution in [2.24, 2.45) is 0 Å². The molecule has 0 aliphatic rings. The number of anilines is 1. The lowest BCUT2D eigenvalue weighted by molar-refractivity contribution is 0.102. The molecule has 1 amide bonds. The standard InChI is InChI=1S/C24H23ClN2O5S/c1-4-27(5-2)33(29,30)15-10-11-19(25)18(12-15)24(28)26-20-14-22-17(13-23(20)31-3)16-8-6-7-9-21(16)32-22/h6-14H,4-5H2,1-3H3,(H,26,28). The first-order valence-corrected chi connectivity index (χ1v) is 12.2. The third kappa shape index (κ3) is 4.17. The van der Waals surface area contributed by atoms with Gasteiger partial charge in [-0.1, -0.05) is 43.6 Å². The Morgan fingerprint density at radius 3 is 2.45 bits per heavy atom. The monoisotopic (exact) mass is 486 g/mol. The SMILES string of the molecule is CCN(CC)S(=O)(=O)c1ccc(Cl)c(C(=O)Nc2cc3oc4ccccc4c3cc2OC)c1. The molecule has 1 heterocycles. The van der Waals surface area contributed by atoms with Gasteiger partial charge in [0.05, 0.1) is 28.3 Å². The van der Waals surface area contributed by atoms with Gasteiger partial charge in [-0.15, -0.1) is 0 Å². The van der Waals surface area contributed by atoms with Crippen LogP contribution in [0.1, 0.15) is 24.2 Å². The molecule has 0 spiro atoms. The van der Waals surface area contributed by atoms with Crippen molar-refractivity contribution in [2.45, 2.75) is 18.7 Å². The number of amides is 1. The number of methoxy groups -OCH3 is 1. The molecule has 0 radical (unpaired) electrons. The number of hydrogen-bond donors (Lipinski definition) is 1. The first-order chi connectivity index (χ1) is 15.8. The molecule has 4 aromatic rings. The molecule has 4 rings (SSSR count). The minimum absolute atomic E-state index is 0.000418. The number of rotatable bonds is 7. The number of hydrogen-bond acceptors (Lipinski definition) is 5. The van der Waals surface area contributed by atoms with Crippen molar-refractivity contribution in [1.29, 1.82) is 0 Å². The van der Waals surface area contributed by atoms with Gasteiger partial charge in [0.25, 0.3) is 5.91 Å². The van der Waals surface area contributed by atoms with E-state index in [4.69, 9.17) is 20.8 Å². The fourth-order valence-electron chi connectivity index (χ4n) is 3.76. The van der Waals surface area contributed by atoms with Crippen LogP contribution in [0.4, 0.5) is 5.69 Å². The highest BCUT2D eigenvalue weighted by atomic mass is 35.5. The van der Waals surface area contributed by atoms with Crippen LogP contribution in [-0.4, -0.2) is 38.8 Å². The molecule has 0 bridgehead atoms. The molecule has 9 heteroatoms. The summed E-state index contributed by atoms with van der Waals surface area (Å²) >= 11 is 6.26. The van der Waals surface area contributed by atoms with E-state index >= 15 is 0 Å². The number of carbonyl (C=O) groups excluding carboxylic acids is 1. The maximum Gasteiger partial charge on any atom is 0.257 e. The van der Waals surface area contributed by atoms with Crippen LogP contribution >= 0.6 is 11.6 Å². The maximum absolute atomic E-state index is 13.1. The summed E-state index contributed by atoms with van der Waals surface area (Å²) < 4.78 is 38.5. The van der Waals surface area contributed by atoms with Crippen LogP contribution in [0.5, 0.6) is 5.75 Å². The van der Waals surface area contributed by atoms with Gasteiger partial charge in [-0.2, -0.15) is 4.31 Å². The highest BCUT2D eigenvalue weighted by Crippen LogP contribution is 2.37. The third-order valence-corrected chi connectivity index (χ3v) is 7.85. The molecular weight excluding hydrogens is 464 g/mol. The maximum atomic E-state index is 13.1. The van der Waals surface area contributed by atoms with Gasteiger partial charge in [0.15, 0.2) is 0 Å². The van der Waals surface area contributed by atoms with E-state index in [9.17, 15) is 13.2 Å². The normalized spacial score (nSPS) is 11.9. The molecule has 7 nitrogen and oxygen atoms in total. The summed E-state index contributed by atoms with van der Waals surface area (Å²) in [4.78, 5) is 13.1. The van der Waals surface area contributed by atoms with Crippen molar-refractivity contribution < 1.29 is 22.4 Å². The van der Waals surface area contributed by atoms with Crippen LogP contribution in [-0.2, 0) is 10.0 Å². The highest BCUT2D eigenvalue weighted by Gasteiger charge is 2.24. The summed E-state index contributed by atoms with van der Waals surface area (Å²) in [6.45, 7) is 4.14. The van der Waals surface area contributed by atoms with Gasteiger partial charge >= 0.3 is 0 Å². The predicted molar refractivity (Wildman–Crippen MR) is 130 cm³/mol. The lowest BCUT2D eigenvalue weighted by atomic mass is 10.1. The largest absolute Gasteiger partial charge is 0.495 e. The lowest BCUT2D eigenvalue weighted by Gasteiger charge is -2.19. The first-order valence-electron chi connectivity index (χ1n) is 10.4. The molecule has 1 aromatic heterocycles. The molecule has 0 saturated heterocycles. The molecule has 172 valence electrons. The predicted octanol–water partition coefficient (Wildman–Crippen LogP) is 5.53. The van der Waals surface area contributed by atoms with Gasteiger partial charge in [-0.25, -0.2) is 8.42 Å². The third-order valence-electron chi connectivity index (χ3n) is 5.47. The molecule has 0 aliphatic carbocycles. The van der Waals surface area contributed by atoms with E-state index in [1.165, 1.54) is 29.6 Å². The van der Waals surface area contributed by atoms with Crippen molar-refractivity contribution in [3.8, 4) is 5.75 Å². The molecule has 0 saturated carbocycles. The van der Waals surface area contributed by atoms with Gasteiger partial charge < -0.3 is 14.5 Å². The molecule has 0 atom stereocenters. The molecule has 0 fully saturated rings. The molecule has 0 aliphatic heterocycles. The number of ether oxygens (including phenoxy) is 1. The number of sulfonamides is 1. The average molecular weight is 487 g/mol. The van der Waals surface area contributed by atoms with Gasteiger partial charge in [0.2, 0.25) is 10.0 Å². The number of halogens is 1. The van der Waals surface area contributed by atoms with Gasteiger partial charge in [0, 0.05) is 29.9 Å². The Labute approximate surface area is 196 Å². The zero-order valence-electron chi connectivity index (χ0n) is 18.4. The summed E-state index contributed by atoms with van der Waals surface area (Å²) in [5, 5.41) is 4.69. The first kappa shape index (κ1) is 23.1. The molecule has 33 heavy (non-hydrogen) atoms. The summed E-state index contributed by atoms with van der Waals surface area (Å²) in [6.07, 6.45) is 0. The highest BCUT2D eigenvalue weighted by molar-refractivity contribution is 7.89. The van der Waals surface area contributed by atoms with Crippen LogP contribution in [0.3, 0.4) is 0 Å². The Bertz CT molecular complexity index is 1460. The zero-order chi connectivity index (χ0) is 23.8. The van der Waals surface area contributed by atoms with Crippen LogP contribution in [0.25, 0.3) is 21.9 Å². The summed E-state index contributed by atoms with van der Waals surface area (Å²) in [6, 6.07) is 15.2. The Hall–Kier alpha value is -3.07. The Balaban J connectivity index is 1.73. The fourth-order valence-corrected chi connectivity index (χ4v) is 5.45. The number of nitrogens with zero attached hydrogens (tertiary/aromatic N) is 1. The van der Waals surface area contributed by atoms with Gasteiger partial charge in [-0.05, 0) is 30.3 Å². The van der Waals surface area contributed by atoms with E-state index in [0.29, 0.717) is 30.1 Å². The minimum Gasteiger partial charge on any atom is -0.495 e. The Morgan fingerprint density at radius 1 is 1.03 bits per heavy atom. The smallest absolute Gasteiger partial charge is 0.257 e. The number of nitrogens with one attached hydrogen (secondary N) is 1. The second-order valence-electron chi connectivity index (χ2n) is 7.33. The van der Waals surface area contributed by atoms with E-state index in [0.717, 1.165) is 16.4 Å². The average Bonchev–Trinajstić information content (AvgIpc) is 3.16. The van der Waals surface area contributed by atoms with E-state index < -0.39 is 15.9 Å². The van der Waals surface area contributed by atoms with Crippen LogP contribution < -0.4 is 10.1 Å². The number of furan rings is 1. The summed E-state index contributed by atoms with van der Waals surface area (Å²) in [5.41, 5.74) is 1.71. The molecular formula is C24H23ClN2O5S. The second-order valence-corrected chi connectivity index (χ2v) is 9.68. The zero-order valence-corrected chi connectivity index (χ0v) is 20.0. The Kier molecular flexibility index (Phi) is 6.34. The topological polar surface area (TPSA) is 88.9 Å². The van der Waals surface area contributed by atoms with Crippen molar-refractivity contribution in [1.82, 2.24) is 4.31 Å². The quantitative estimate of drug-likeness (QED) is 0.371. The summed E-state index contributed by atoms with van der Waals surface area (Å²) in [7, 11) is -2.24. The van der Waals surface area contributed by atoms with E-state index in [1.807, 2.05) is 24.3 Å². The summed E-state index contributed by atoms with van der Waals surface area (Å²) in [5.74, 6) is -0.129. The van der Waals surface area contributed by atoms with E-state index in [-0.39, 0.29) is 15.5 Å². The van der Waals surface area contributed by atoms with Gasteiger partial charge in [0.1, 0.15) is 16.9 Å². The van der Waals surface area contributed by atoms with Crippen molar-refractivity contribution in [2.75, 3.05) is 25.5 Å². The van der Waals surface area contributed by atoms with Crippen molar-refractivity contribution >= 4 is 55.2 Å². The van der Waals surface area contributed by atoms with Crippen LogP contribution in [0.15, 0.2) is 63.9 Å². The minimum atomic E-state index is -3.75. The van der Waals surface area contributed by atoms with Crippen LogP contribution in [0.2, 0.25) is 5.02 Å². The number of carbonyl (C=O) groups is 1. The lowest BCUT2D eigenvalue weighted by Crippen LogP contribution is -2.30. The number of benzene rings is 3. The fraction of sp³-hybridized carbons (Fsp3) is 0.208. The second kappa shape index (κ2) is 9.05.